The zero-order chi connectivity index (χ0) is 21.8. The van der Waals surface area contributed by atoms with Crippen molar-refractivity contribution in [2.24, 2.45) is 5.92 Å². The molecule has 0 amide bonds. The van der Waals surface area contributed by atoms with E-state index in [1.54, 1.807) is 13.8 Å². The van der Waals surface area contributed by atoms with E-state index in [-0.39, 0.29) is 47.8 Å². The maximum atomic E-state index is 13.7. The summed E-state index contributed by atoms with van der Waals surface area (Å²) < 4.78 is 50.5. The molecule has 4 rings (SSSR count). The number of halogens is 2. The molecule has 6 nitrogen and oxygen atoms in total. The van der Waals surface area contributed by atoms with Crippen LogP contribution in [0.5, 0.6) is 0 Å². The number of pyridine rings is 1. The number of aromatic amines is 1. The predicted molar refractivity (Wildman–Crippen MR) is 98.6 cm³/mol. The van der Waals surface area contributed by atoms with Crippen molar-refractivity contribution in [3.05, 3.63) is 35.0 Å². The Balaban J connectivity index is 1.96. The Kier molecular flexibility index (Phi) is 3.87. The van der Waals surface area contributed by atoms with E-state index < -0.39 is 24.2 Å². The number of aryl methyl sites for hydroxylation is 2. The van der Waals surface area contributed by atoms with Gasteiger partial charge in [0, 0.05) is 39.1 Å². The van der Waals surface area contributed by atoms with Crippen molar-refractivity contribution in [2.75, 3.05) is 0 Å². The smallest absolute Gasteiger partial charge is 0.339 e. The number of hydrogen-bond acceptors (Lipinski definition) is 4. The molecule has 1 aliphatic rings. The summed E-state index contributed by atoms with van der Waals surface area (Å²) in [6, 6.07) is 0. The van der Waals surface area contributed by atoms with E-state index in [0.717, 1.165) is 0 Å². The fourth-order valence-corrected chi connectivity index (χ4v) is 3.83. The molecule has 1 aliphatic carbocycles. The summed E-state index contributed by atoms with van der Waals surface area (Å²) in [5.41, 5.74) is 2.00. The molecule has 8 heteroatoms. The summed E-state index contributed by atoms with van der Waals surface area (Å²) in [6.45, 7) is 3.41. The van der Waals surface area contributed by atoms with Crippen LogP contribution in [0.25, 0.3) is 22.2 Å². The first-order valence-corrected chi connectivity index (χ1v) is 9.08. The van der Waals surface area contributed by atoms with Gasteiger partial charge in [-0.2, -0.15) is 0 Å². The largest absolute Gasteiger partial charge is 0.478 e. The lowest BCUT2D eigenvalue weighted by Crippen LogP contribution is -2.25. The number of nitrogens with one attached hydrogen (secondary N) is 1. The summed E-state index contributed by atoms with van der Waals surface area (Å²) in [7, 11) is 0. The second-order valence-corrected chi connectivity index (χ2v) is 7.25. The average molecular weight is 391 g/mol. The SMILES string of the molecule is [2H]C([2H])(c1c(-c2c(C)noc2C)cnc2c(C(=O)O)c[nH]c12)C1CCC(F)(F)CC1. The summed E-state index contributed by atoms with van der Waals surface area (Å²) in [4.78, 5) is 18.7. The zero-order valence-electron chi connectivity index (χ0n) is 17.5. The summed E-state index contributed by atoms with van der Waals surface area (Å²) in [5.74, 6) is -4.17. The molecule has 0 atom stereocenters. The quantitative estimate of drug-likeness (QED) is 0.660. The van der Waals surface area contributed by atoms with Crippen LogP contribution in [0.3, 0.4) is 0 Å². The lowest BCUT2D eigenvalue weighted by Gasteiger charge is -2.28. The lowest BCUT2D eigenvalue weighted by molar-refractivity contribution is -0.0456. The molecule has 3 heterocycles. The van der Waals surface area contributed by atoms with Crippen molar-refractivity contribution < 1.29 is 25.9 Å². The zero-order valence-corrected chi connectivity index (χ0v) is 15.5. The van der Waals surface area contributed by atoms with Gasteiger partial charge in [0.2, 0.25) is 5.92 Å². The molecular formula is C20H21F2N3O3. The Morgan fingerprint density at radius 2 is 2.14 bits per heavy atom. The Morgan fingerprint density at radius 1 is 1.43 bits per heavy atom. The van der Waals surface area contributed by atoms with Crippen LogP contribution in [0.15, 0.2) is 16.9 Å². The van der Waals surface area contributed by atoms with Crippen LogP contribution in [0.4, 0.5) is 8.78 Å². The minimum atomic E-state index is -2.78. The second kappa shape index (κ2) is 6.68. The minimum absolute atomic E-state index is 0.0252. The van der Waals surface area contributed by atoms with Gasteiger partial charge >= 0.3 is 5.97 Å². The van der Waals surface area contributed by atoms with Crippen LogP contribution in [0, 0.1) is 19.8 Å². The van der Waals surface area contributed by atoms with Crippen LogP contribution in [0.2, 0.25) is 0 Å². The molecule has 1 fully saturated rings. The molecule has 0 bridgehead atoms. The Bertz CT molecular complexity index is 1110. The Morgan fingerprint density at radius 3 is 2.75 bits per heavy atom. The normalized spacial score (nSPS) is 18.9. The van der Waals surface area contributed by atoms with E-state index in [2.05, 4.69) is 15.1 Å². The highest BCUT2D eigenvalue weighted by Gasteiger charge is 2.35. The Labute approximate surface area is 162 Å². The number of H-pyrrole nitrogens is 1. The van der Waals surface area contributed by atoms with Crippen molar-refractivity contribution in [3.63, 3.8) is 0 Å². The monoisotopic (exact) mass is 391 g/mol. The van der Waals surface area contributed by atoms with Gasteiger partial charge in [0.25, 0.3) is 0 Å². The first kappa shape index (κ1) is 16.2. The van der Waals surface area contributed by atoms with Crippen LogP contribution < -0.4 is 0 Å². The number of carboxylic acids is 1. The summed E-state index contributed by atoms with van der Waals surface area (Å²) in [5, 5.41) is 13.4. The molecule has 2 N–H and O–H groups in total. The molecule has 28 heavy (non-hydrogen) atoms. The van der Waals surface area contributed by atoms with Crippen LogP contribution in [-0.4, -0.2) is 32.1 Å². The second-order valence-electron chi connectivity index (χ2n) is 7.25. The molecule has 0 aliphatic heterocycles. The topological polar surface area (TPSA) is 92.0 Å². The standard InChI is InChI=1S/C20H21F2N3O3/c1-10-16(11(2)28-25-10)14-8-23-18-15(19(26)27)9-24-17(18)13(14)7-12-3-5-20(21,22)6-4-12/h8-9,12,24H,3-7H2,1-2H3,(H,26,27)/i7D2. The molecule has 3 aromatic heterocycles. The van der Waals surface area contributed by atoms with Crippen LogP contribution in [0.1, 0.15) is 55.8 Å². The van der Waals surface area contributed by atoms with Gasteiger partial charge in [-0.05, 0) is 44.5 Å². The third-order valence-electron chi connectivity index (χ3n) is 5.29. The number of hydrogen-bond donors (Lipinski definition) is 2. The van der Waals surface area contributed by atoms with Gasteiger partial charge in [0.05, 0.1) is 11.2 Å². The van der Waals surface area contributed by atoms with Crippen molar-refractivity contribution in [2.45, 2.75) is 51.8 Å². The third-order valence-corrected chi connectivity index (χ3v) is 5.29. The van der Waals surface area contributed by atoms with E-state index in [9.17, 15) is 18.7 Å². The van der Waals surface area contributed by atoms with Crippen molar-refractivity contribution in [1.82, 2.24) is 15.1 Å². The maximum absolute atomic E-state index is 13.7. The van der Waals surface area contributed by atoms with Crippen molar-refractivity contribution in [1.29, 1.82) is 0 Å². The van der Waals surface area contributed by atoms with E-state index >= 15 is 0 Å². The molecule has 0 aromatic carbocycles. The van der Waals surface area contributed by atoms with Crippen LogP contribution in [-0.2, 0) is 6.37 Å². The number of carboxylic acid groups (broad SMARTS) is 1. The van der Waals surface area contributed by atoms with Gasteiger partial charge in [-0.15, -0.1) is 0 Å². The minimum Gasteiger partial charge on any atom is -0.478 e. The maximum Gasteiger partial charge on any atom is 0.339 e. The molecule has 0 saturated heterocycles. The van der Waals surface area contributed by atoms with Crippen molar-refractivity contribution >= 4 is 17.0 Å². The Hall–Kier alpha value is -2.77. The first-order chi connectivity index (χ1) is 14.0. The molecule has 0 unspecified atom stereocenters. The molecule has 1 saturated carbocycles. The molecule has 3 aromatic rings. The number of alkyl halides is 2. The molecule has 0 spiro atoms. The lowest BCUT2D eigenvalue weighted by atomic mass is 9.81. The van der Waals surface area contributed by atoms with Gasteiger partial charge in [-0.1, -0.05) is 5.16 Å². The van der Waals surface area contributed by atoms with Gasteiger partial charge < -0.3 is 14.6 Å². The first-order valence-electron chi connectivity index (χ1n) is 10.1. The number of rotatable bonds is 4. The predicted octanol–water partition coefficient (Wildman–Crippen LogP) is 4.90. The third kappa shape index (κ3) is 3.16. The highest BCUT2D eigenvalue weighted by Crippen LogP contribution is 2.41. The highest BCUT2D eigenvalue weighted by molar-refractivity contribution is 6.03. The van der Waals surface area contributed by atoms with Gasteiger partial charge in [0.15, 0.2) is 0 Å². The van der Waals surface area contributed by atoms with Crippen LogP contribution >= 0.6 is 0 Å². The number of aromatic nitrogens is 3. The number of carbonyl (C=O) groups is 1. The fourth-order valence-electron chi connectivity index (χ4n) is 3.83. The molecular weight excluding hydrogens is 368 g/mol. The summed E-state index contributed by atoms with van der Waals surface area (Å²) in [6.07, 6.45) is -0.0295. The number of nitrogens with zero attached hydrogens (tertiary/aromatic N) is 2. The fraction of sp³-hybridized carbons (Fsp3) is 0.450. The van der Waals surface area contributed by atoms with Gasteiger partial charge in [-0.3, -0.25) is 4.98 Å². The molecule has 0 radical (unpaired) electrons. The number of aromatic carboxylic acids is 1. The number of fused-ring (bicyclic) bond motifs is 1. The van der Waals surface area contributed by atoms with E-state index in [4.69, 9.17) is 7.26 Å². The van der Waals surface area contributed by atoms with E-state index in [1.807, 2.05) is 0 Å². The van der Waals surface area contributed by atoms with Gasteiger partial charge in [-0.25, -0.2) is 13.6 Å². The molecule has 148 valence electrons. The van der Waals surface area contributed by atoms with E-state index in [0.29, 0.717) is 22.6 Å². The van der Waals surface area contributed by atoms with E-state index in [1.165, 1.54) is 12.4 Å². The highest BCUT2D eigenvalue weighted by atomic mass is 19.3. The van der Waals surface area contributed by atoms with Gasteiger partial charge in [0.1, 0.15) is 16.8 Å². The average Bonchev–Trinajstić information content (AvgIpc) is 3.23. The summed E-state index contributed by atoms with van der Waals surface area (Å²) >= 11 is 0. The van der Waals surface area contributed by atoms with Crippen molar-refractivity contribution in [3.8, 4) is 11.1 Å².